The topological polar surface area (TPSA) is 60.9 Å². The average Bonchev–Trinajstić information content (AvgIpc) is 3.20. The van der Waals surface area contributed by atoms with E-state index in [0.29, 0.717) is 29.5 Å². The van der Waals surface area contributed by atoms with Crippen LogP contribution in [0.15, 0.2) is 23.1 Å². The molecule has 3 heterocycles. The summed E-state index contributed by atoms with van der Waals surface area (Å²) in [5.74, 6) is 0.456. The van der Waals surface area contributed by atoms with E-state index in [0.717, 1.165) is 70.4 Å². The molecule has 3 aliphatic rings. The summed E-state index contributed by atoms with van der Waals surface area (Å²) in [5, 5.41) is 0. The first kappa shape index (κ1) is 20.7. The number of rotatable bonds is 4. The molecule has 3 aliphatic heterocycles. The van der Waals surface area contributed by atoms with Gasteiger partial charge in [-0.2, -0.15) is 4.31 Å². The Kier molecular flexibility index (Phi) is 6.16. The van der Waals surface area contributed by atoms with Crippen molar-refractivity contribution in [2.45, 2.75) is 56.8 Å². The van der Waals surface area contributed by atoms with E-state index in [1.807, 2.05) is 17.0 Å². The molecule has 0 spiro atoms. The molecule has 3 fully saturated rings. The fourth-order valence-electron chi connectivity index (χ4n) is 4.80. The van der Waals surface area contributed by atoms with Gasteiger partial charge in [0.15, 0.2) is 0 Å². The Morgan fingerprint density at radius 1 is 0.931 bits per heavy atom. The van der Waals surface area contributed by atoms with E-state index in [4.69, 9.17) is 0 Å². The monoisotopic (exact) mass is 419 g/mol. The zero-order chi connectivity index (χ0) is 20.4. The Hall–Kier alpha value is -1.60. The summed E-state index contributed by atoms with van der Waals surface area (Å²) in [4.78, 5) is 17.4. The minimum Gasteiger partial charge on any atom is -0.370 e. The largest absolute Gasteiger partial charge is 0.370 e. The molecule has 4 rings (SSSR count). The van der Waals surface area contributed by atoms with Gasteiger partial charge in [0.25, 0.3) is 5.91 Å². The molecule has 6 nitrogen and oxygen atoms in total. The molecule has 1 aromatic rings. The molecule has 0 aromatic heterocycles. The Morgan fingerprint density at radius 3 is 2.21 bits per heavy atom. The highest BCUT2D eigenvalue weighted by molar-refractivity contribution is 7.89. The van der Waals surface area contributed by atoms with Gasteiger partial charge in [0.2, 0.25) is 10.0 Å². The first-order valence-electron chi connectivity index (χ1n) is 11.2. The van der Waals surface area contributed by atoms with Crippen molar-refractivity contribution in [2.75, 3.05) is 44.2 Å². The number of anilines is 1. The maximum atomic E-state index is 13.6. The fourth-order valence-corrected chi connectivity index (χ4v) is 6.55. The minimum atomic E-state index is -3.61. The van der Waals surface area contributed by atoms with Gasteiger partial charge in [0.05, 0.1) is 5.69 Å². The van der Waals surface area contributed by atoms with E-state index < -0.39 is 10.0 Å². The van der Waals surface area contributed by atoms with E-state index in [1.54, 1.807) is 10.4 Å². The summed E-state index contributed by atoms with van der Waals surface area (Å²) in [7, 11) is -3.61. The highest BCUT2D eigenvalue weighted by atomic mass is 32.2. The number of carbonyl (C=O) groups excluding carboxylic acids is 1. The number of benzene rings is 1. The zero-order valence-corrected chi connectivity index (χ0v) is 18.3. The predicted octanol–water partition coefficient (Wildman–Crippen LogP) is 3.33. The molecular formula is C22H33N3O3S. The van der Waals surface area contributed by atoms with Crippen LogP contribution in [0.1, 0.15) is 62.2 Å². The second kappa shape index (κ2) is 8.64. The third kappa shape index (κ3) is 4.31. The zero-order valence-electron chi connectivity index (χ0n) is 17.5. The number of sulfonamides is 1. The summed E-state index contributed by atoms with van der Waals surface area (Å²) < 4.78 is 28.8. The molecule has 0 N–H and O–H groups in total. The number of hydrogen-bond donors (Lipinski definition) is 0. The lowest BCUT2D eigenvalue weighted by Crippen LogP contribution is -2.38. The van der Waals surface area contributed by atoms with Gasteiger partial charge in [-0.1, -0.05) is 13.3 Å². The highest BCUT2D eigenvalue weighted by Crippen LogP contribution is 2.33. The van der Waals surface area contributed by atoms with Crippen LogP contribution in [0.2, 0.25) is 0 Å². The van der Waals surface area contributed by atoms with Crippen LogP contribution in [0.5, 0.6) is 0 Å². The molecule has 160 valence electrons. The van der Waals surface area contributed by atoms with Crippen LogP contribution in [0.3, 0.4) is 0 Å². The second-order valence-corrected chi connectivity index (χ2v) is 10.7. The van der Waals surface area contributed by atoms with Gasteiger partial charge >= 0.3 is 0 Å². The predicted molar refractivity (Wildman–Crippen MR) is 115 cm³/mol. The van der Waals surface area contributed by atoms with Crippen molar-refractivity contribution in [1.29, 1.82) is 0 Å². The van der Waals surface area contributed by atoms with Crippen LogP contribution in [0.4, 0.5) is 5.69 Å². The van der Waals surface area contributed by atoms with Crippen molar-refractivity contribution in [3.05, 3.63) is 23.8 Å². The van der Waals surface area contributed by atoms with E-state index in [1.165, 1.54) is 6.42 Å². The van der Waals surface area contributed by atoms with Crippen LogP contribution in [-0.4, -0.2) is 62.8 Å². The fraction of sp³-hybridized carbons (Fsp3) is 0.682. The lowest BCUT2D eigenvalue weighted by molar-refractivity contribution is 0.0788. The highest BCUT2D eigenvalue weighted by Gasteiger charge is 2.32. The number of piperidine rings is 2. The number of hydrogen-bond acceptors (Lipinski definition) is 4. The molecule has 0 aliphatic carbocycles. The minimum absolute atomic E-state index is 0.0466. The number of carbonyl (C=O) groups is 1. The first-order valence-corrected chi connectivity index (χ1v) is 12.6. The maximum absolute atomic E-state index is 13.6. The molecule has 29 heavy (non-hydrogen) atoms. The molecule has 0 bridgehead atoms. The van der Waals surface area contributed by atoms with Gasteiger partial charge in [0.1, 0.15) is 4.90 Å². The molecule has 3 saturated heterocycles. The lowest BCUT2D eigenvalue weighted by atomic mass is 10.1. The molecule has 7 heteroatoms. The van der Waals surface area contributed by atoms with Crippen molar-refractivity contribution in [1.82, 2.24) is 9.21 Å². The third-order valence-corrected chi connectivity index (χ3v) is 8.48. The standard InChI is InChI=1S/C22H33N3O3S/c1-18-10-15-24(17-18)22(26)19-8-9-20(23-11-4-2-5-12-23)21(16-19)29(27,28)25-13-6-3-7-14-25/h8-9,16,18H,2-7,10-15,17H2,1H3. The molecule has 1 unspecified atom stereocenters. The molecule has 1 atom stereocenters. The first-order chi connectivity index (χ1) is 14.0. The van der Waals surface area contributed by atoms with Gasteiger partial charge < -0.3 is 9.80 Å². The summed E-state index contributed by atoms with van der Waals surface area (Å²) in [6.45, 7) is 6.55. The summed E-state index contributed by atoms with van der Waals surface area (Å²) in [6.07, 6.45) is 7.25. The molecule has 1 aromatic carbocycles. The molecule has 0 radical (unpaired) electrons. The number of amides is 1. The second-order valence-electron chi connectivity index (χ2n) is 8.84. The quantitative estimate of drug-likeness (QED) is 0.751. The van der Waals surface area contributed by atoms with E-state index in [9.17, 15) is 13.2 Å². The van der Waals surface area contributed by atoms with Gasteiger partial charge in [-0.25, -0.2) is 8.42 Å². The van der Waals surface area contributed by atoms with E-state index in [2.05, 4.69) is 11.8 Å². The van der Waals surface area contributed by atoms with Crippen molar-refractivity contribution >= 4 is 21.6 Å². The van der Waals surface area contributed by atoms with Crippen molar-refractivity contribution in [3.8, 4) is 0 Å². The van der Waals surface area contributed by atoms with Crippen LogP contribution < -0.4 is 4.90 Å². The summed E-state index contributed by atoms with van der Waals surface area (Å²) in [5.41, 5.74) is 1.26. The van der Waals surface area contributed by atoms with Crippen LogP contribution in [0, 0.1) is 5.92 Å². The molecule has 1 amide bonds. The Labute approximate surface area is 174 Å². The SMILES string of the molecule is CC1CCN(C(=O)c2ccc(N3CCCCC3)c(S(=O)(=O)N3CCCCC3)c2)C1. The smallest absolute Gasteiger partial charge is 0.253 e. The Balaban J connectivity index is 1.71. The average molecular weight is 420 g/mol. The van der Waals surface area contributed by atoms with E-state index in [-0.39, 0.29) is 5.91 Å². The van der Waals surface area contributed by atoms with Crippen LogP contribution in [-0.2, 0) is 10.0 Å². The normalized spacial score (nSPS) is 24.1. The number of nitrogens with zero attached hydrogens (tertiary/aromatic N) is 3. The molecule has 0 saturated carbocycles. The Morgan fingerprint density at radius 2 is 1.59 bits per heavy atom. The van der Waals surface area contributed by atoms with Gasteiger partial charge in [-0.05, 0) is 62.6 Å². The summed E-state index contributed by atoms with van der Waals surface area (Å²) in [6, 6.07) is 5.35. The lowest BCUT2D eigenvalue weighted by Gasteiger charge is -2.33. The van der Waals surface area contributed by atoms with Crippen molar-refractivity contribution < 1.29 is 13.2 Å². The molecular weight excluding hydrogens is 386 g/mol. The van der Waals surface area contributed by atoms with Crippen LogP contribution in [0.25, 0.3) is 0 Å². The van der Waals surface area contributed by atoms with Gasteiger partial charge in [-0.15, -0.1) is 0 Å². The van der Waals surface area contributed by atoms with E-state index >= 15 is 0 Å². The number of likely N-dealkylation sites (tertiary alicyclic amines) is 1. The van der Waals surface area contributed by atoms with Crippen molar-refractivity contribution in [3.63, 3.8) is 0 Å². The summed E-state index contributed by atoms with van der Waals surface area (Å²) >= 11 is 0. The third-order valence-electron chi connectivity index (χ3n) is 6.55. The van der Waals surface area contributed by atoms with Crippen molar-refractivity contribution in [2.24, 2.45) is 5.92 Å². The van der Waals surface area contributed by atoms with Gasteiger partial charge in [0, 0.05) is 44.8 Å². The van der Waals surface area contributed by atoms with Gasteiger partial charge in [-0.3, -0.25) is 4.79 Å². The Bertz CT molecular complexity index is 843. The van der Waals surface area contributed by atoms with Crippen LogP contribution >= 0.6 is 0 Å². The maximum Gasteiger partial charge on any atom is 0.253 e.